The van der Waals surface area contributed by atoms with Gasteiger partial charge < -0.3 is 0 Å². The second kappa shape index (κ2) is 5.42. The van der Waals surface area contributed by atoms with Crippen LogP contribution < -0.4 is 11.0 Å². The summed E-state index contributed by atoms with van der Waals surface area (Å²) in [6.07, 6.45) is 2.22. The molecule has 21 heavy (non-hydrogen) atoms. The van der Waals surface area contributed by atoms with Crippen LogP contribution in [0.4, 0.5) is 0 Å². The molecule has 108 valence electrons. The van der Waals surface area contributed by atoms with Crippen molar-refractivity contribution in [2.75, 3.05) is 5.43 Å². The van der Waals surface area contributed by atoms with Crippen molar-refractivity contribution in [2.45, 2.75) is 20.3 Å². The van der Waals surface area contributed by atoms with E-state index in [4.69, 9.17) is 0 Å². The molecule has 0 aliphatic heterocycles. The van der Waals surface area contributed by atoms with Gasteiger partial charge in [0, 0.05) is 9.75 Å². The summed E-state index contributed by atoms with van der Waals surface area (Å²) in [6, 6.07) is 5.45. The zero-order valence-corrected chi connectivity index (χ0v) is 13.2. The second-order valence-electron chi connectivity index (χ2n) is 4.56. The molecule has 3 rings (SSSR count). The maximum atomic E-state index is 12.3. The molecule has 3 heterocycles. The third kappa shape index (κ3) is 2.62. The molecular formula is C14H13N3O2S2. The van der Waals surface area contributed by atoms with Crippen molar-refractivity contribution in [2.24, 2.45) is 0 Å². The van der Waals surface area contributed by atoms with E-state index in [-0.39, 0.29) is 11.5 Å². The Kier molecular flexibility index (Phi) is 3.60. The number of hydrogen-bond donors (Lipinski definition) is 1. The number of hydrogen-bond acceptors (Lipinski definition) is 5. The highest BCUT2D eigenvalue weighted by Crippen LogP contribution is 2.21. The fourth-order valence-electron chi connectivity index (χ4n) is 1.95. The molecule has 1 N–H and O–H groups in total. The Hall–Kier alpha value is -1.99. The van der Waals surface area contributed by atoms with E-state index in [0.717, 1.165) is 20.9 Å². The van der Waals surface area contributed by atoms with E-state index in [2.05, 4.69) is 10.4 Å². The van der Waals surface area contributed by atoms with Crippen LogP contribution >= 0.6 is 22.7 Å². The zero-order chi connectivity index (χ0) is 15.0. The molecule has 0 fully saturated rings. The van der Waals surface area contributed by atoms with Crippen LogP contribution in [0.25, 0.3) is 10.2 Å². The van der Waals surface area contributed by atoms with Crippen LogP contribution in [0.15, 0.2) is 29.3 Å². The van der Waals surface area contributed by atoms with Crippen molar-refractivity contribution >= 4 is 38.8 Å². The quantitative estimate of drug-likeness (QED) is 0.807. The Morgan fingerprint density at radius 2 is 2.19 bits per heavy atom. The number of thiophene rings is 2. The fourth-order valence-corrected chi connectivity index (χ4v) is 3.63. The standard InChI is InChI=1S/C14H13N3O2S2/c1-3-9-6-10-13(21-9)15-7-17(14(10)19)16-12(18)11-5-4-8(2)20-11/h4-7H,3H2,1-2H3,(H,16,18). The van der Waals surface area contributed by atoms with Crippen molar-refractivity contribution < 1.29 is 4.79 Å². The summed E-state index contributed by atoms with van der Waals surface area (Å²) in [6.45, 7) is 3.96. The van der Waals surface area contributed by atoms with Gasteiger partial charge in [0.25, 0.3) is 11.5 Å². The average molecular weight is 319 g/mol. The molecule has 0 radical (unpaired) electrons. The predicted molar refractivity (Wildman–Crippen MR) is 86.0 cm³/mol. The van der Waals surface area contributed by atoms with Crippen molar-refractivity contribution in [3.8, 4) is 0 Å². The van der Waals surface area contributed by atoms with Gasteiger partial charge in [0.15, 0.2) is 0 Å². The monoisotopic (exact) mass is 319 g/mol. The first-order valence-electron chi connectivity index (χ1n) is 6.46. The lowest BCUT2D eigenvalue weighted by atomic mass is 10.3. The number of aromatic nitrogens is 2. The highest BCUT2D eigenvalue weighted by atomic mass is 32.1. The van der Waals surface area contributed by atoms with E-state index in [0.29, 0.717) is 15.1 Å². The largest absolute Gasteiger partial charge is 0.280 e. The lowest BCUT2D eigenvalue weighted by molar-refractivity contribution is 0.101. The molecule has 0 unspecified atom stereocenters. The molecule has 1 amide bonds. The summed E-state index contributed by atoms with van der Waals surface area (Å²) in [4.78, 5) is 32.1. The number of amides is 1. The van der Waals surface area contributed by atoms with E-state index in [1.807, 2.05) is 26.0 Å². The number of nitrogens with zero attached hydrogens (tertiary/aromatic N) is 2. The normalized spacial score (nSPS) is 11.0. The minimum Gasteiger partial charge on any atom is -0.267 e. The minimum absolute atomic E-state index is 0.252. The Balaban J connectivity index is 1.95. The molecule has 0 spiro atoms. The minimum atomic E-state index is -0.303. The lowest BCUT2D eigenvalue weighted by Crippen LogP contribution is -2.32. The summed E-state index contributed by atoms with van der Waals surface area (Å²) in [5.41, 5.74) is 2.32. The van der Waals surface area contributed by atoms with Crippen LogP contribution in [0.3, 0.4) is 0 Å². The van der Waals surface area contributed by atoms with Gasteiger partial charge in [-0.1, -0.05) is 6.92 Å². The van der Waals surface area contributed by atoms with E-state index in [9.17, 15) is 9.59 Å². The fraction of sp³-hybridized carbons (Fsp3) is 0.214. The molecule has 5 nitrogen and oxygen atoms in total. The Morgan fingerprint density at radius 1 is 1.38 bits per heavy atom. The number of aryl methyl sites for hydroxylation is 2. The smallest absolute Gasteiger partial charge is 0.267 e. The predicted octanol–water partition coefficient (Wildman–Crippen LogP) is 2.77. The number of carbonyl (C=O) groups excluding carboxylic acids is 1. The number of rotatable bonds is 3. The molecule has 0 aliphatic carbocycles. The zero-order valence-electron chi connectivity index (χ0n) is 11.5. The number of nitrogens with one attached hydrogen (secondary N) is 1. The molecule has 7 heteroatoms. The topological polar surface area (TPSA) is 64.0 Å². The maximum absolute atomic E-state index is 12.3. The molecular weight excluding hydrogens is 306 g/mol. The summed E-state index contributed by atoms with van der Waals surface area (Å²) < 4.78 is 1.14. The first kappa shape index (κ1) is 14.0. The van der Waals surface area contributed by atoms with Gasteiger partial charge in [0.2, 0.25) is 0 Å². The lowest BCUT2D eigenvalue weighted by Gasteiger charge is -2.05. The van der Waals surface area contributed by atoms with E-state index in [1.54, 1.807) is 6.07 Å². The van der Waals surface area contributed by atoms with Crippen LogP contribution in [0.2, 0.25) is 0 Å². The van der Waals surface area contributed by atoms with Gasteiger partial charge in [-0.2, -0.15) is 0 Å². The van der Waals surface area contributed by atoms with Gasteiger partial charge in [-0.15, -0.1) is 22.7 Å². The van der Waals surface area contributed by atoms with Crippen molar-refractivity contribution in [3.63, 3.8) is 0 Å². The van der Waals surface area contributed by atoms with E-state index in [1.165, 1.54) is 29.0 Å². The van der Waals surface area contributed by atoms with Crippen LogP contribution in [0, 0.1) is 6.92 Å². The van der Waals surface area contributed by atoms with Crippen LogP contribution in [-0.4, -0.2) is 15.6 Å². The molecule has 0 aromatic carbocycles. The SMILES string of the molecule is CCc1cc2c(=O)n(NC(=O)c3ccc(C)s3)cnc2s1. The summed E-state index contributed by atoms with van der Waals surface area (Å²) in [5.74, 6) is -0.303. The molecule has 0 saturated heterocycles. The first-order valence-corrected chi connectivity index (χ1v) is 8.09. The second-order valence-corrected chi connectivity index (χ2v) is 6.96. The molecule has 0 bridgehead atoms. The van der Waals surface area contributed by atoms with Gasteiger partial charge in [-0.05, 0) is 31.5 Å². The van der Waals surface area contributed by atoms with Crippen LogP contribution in [0.1, 0.15) is 26.3 Å². The maximum Gasteiger partial charge on any atom is 0.280 e. The average Bonchev–Trinajstić information content (AvgIpc) is 3.08. The van der Waals surface area contributed by atoms with Crippen molar-refractivity contribution in [1.29, 1.82) is 0 Å². The highest BCUT2D eigenvalue weighted by Gasteiger charge is 2.12. The van der Waals surface area contributed by atoms with Crippen LogP contribution in [0.5, 0.6) is 0 Å². The van der Waals surface area contributed by atoms with E-state index >= 15 is 0 Å². The Labute approximate surface area is 128 Å². The third-order valence-electron chi connectivity index (χ3n) is 3.04. The molecule has 3 aromatic heterocycles. The third-order valence-corrected chi connectivity index (χ3v) is 5.22. The Morgan fingerprint density at radius 3 is 2.86 bits per heavy atom. The first-order chi connectivity index (χ1) is 10.1. The van der Waals surface area contributed by atoms with Crippen molar-refractivity contribution in [1.82, 2.24) is 9.66 Å². The van der Waals surface area contributed by atoms with Gasteiger partial charge >= 0.3 is 0 Å². The summed E-state index contributed by atoms with van der Waals surface area (Å²) >= 11 is 2.89. The van der Waals surface area contributed by atoms with E-state index < -0.39 is 0 Å². The van der Waals surface area contributed by atoms with Gasteiger partial charge in [0.05, 0.1) is 10.3 Å². The summed E-state index contributed by atoms with van der Waals surface area (Å²) in [5, 5.41) is 0.544. The molecule has 3 aromatic rings. The van der Waals surface area contributed by atoms with Crippen LogP contribution in [-0.2, 0) is 6.42 Å². The van der Waals surface area contributed by atoms with Gasteiger partial charge in [-0.25, -0.2) is 9.66 Å². The molecule has 0 aliphatic rings. The number of carbonyl (C=O) groups is 1. The molecule has 0 atom stereocenters. The summed E-state index contributed by atoms with van der Waals surface area (Å²) in [7, 11) is 0. The van der Waals surface area contributed by atoms with Gasteiger partial charge in [-0.3, -0.25) is 15.0 Å². The number of fused-ring (bicyclic) bond motifs is 1. The Bertz CT molecular complexity index is 876. The molecule has 0 saturated carbocycles. The van der Waals surface area contributed by atoms with Crippen molar-refractivity contribution in [3.05, 3.63) is 49.5 Å². The highest BCUT2D eigenvalue weighted by molar-refractivity contribution is 7.18. The van der Waals surface area contributed by atoms with Gasteiger partial charge in [0.1, 0.15) is 11.2 Å².